The van der Waals surface area contributed by atoms with Gasteiger partial charge in [-0.05, 0) is 22.4 Å². The highest BCUT2D eigenvalue weighted by Gasteiger charge is 2.21. The van der Waals surface area contributed by atoms with Gasteiger partial charge in [0.15, 0.2) is 10.4 Å². The van der Waals surface area contributed by atoms with Gasteiger partial charge in [0.1, 0.15) is 4.90 Å². The molecule has 0 aliphatic carbocycles. The number of carbonyl (C=O) groups excluding carboxylic acids is 1. The smallest absolute Gasteiger partial charge is 0.287 e. The van der Waals surface area contributed by atoms with Gasteiger partial charge in [-0.25, -0.2) is 13.6 Å². The van der Waals surface area contributed by atoms with Crippen LogP contribution in [0, 0.1) is 0 Å². The summed E-state index contributed by atoms with van der Waals surface area (Å²) in [4.78, 5) is 11.4. The molecule has 1 heterocycles. The molecule has 1 atom stereocenters. The largest absolute Gasteiger partial charge is 0.443 e. The third-order valence-corrected chi connectivity index (χ3v) is 4.71. The first kappa shape index (κ1) is 16.3. The normalized spacial score (nSPS) is 13.2. The fourth-order valence-corrected chi connectivity index (χ4v) is 3.28. The quantitative estimate of drug-likeness (QED) is 0.690. The van der Waals surface area contributed by atoms with E-state index in [0.717, 1.165) is 6.07 Å². The summed E-state index contributed by atoms with van der Waals surface area (Å²) in [5, 5.41) is 7.47. The number of furan rings is 1. The molecule has 1 rings (SSSR count). The molecule has 0 aliphatic heterocycles. The Morgan fingerprint density at radius 1 is 1.58 bits per heavy atom. The highest BCUT2D eigenvalue weighted by atomic mass is 79.9. The van der Waals surface area contributed by atoms with Gasteiger partial charge >= 0.3 is 0 Å². The van der Waals surface area contributed by atoms with Gasteiger partial charge in [-0.15, -0.1) is 0 Å². The summed E-state index contributed by atoms with van der Waals surface area (Å²) in [5.74, 6) is -0.240. The number of sulfonamides is 1. The fraction of sp³-hybridized carbons (Fsp3) is 0.444. The van der Waals surface area contributed by atoms with Crippen LogP contribution in [0.15, 0.2) is 20.0 Å². The van der Waals surface area contributed by atoms with Crippen molar-refractivity contribution in [2.24, 2.45) is 5.14 Å². The van der Waals surface area contributed by atoms with Crippen LogP contribution in [-0.4, -0.2) is 37.1 Å². The Kier molecular flexibility index (Phi) is 5.71. The molecule has 1 amide bonds. The maximum atomic E-state index is 11.6. The van der Waals surface area contributed by atoms with Crippen LogP contribution in [-0.2, 0) is 20.8 Å². The van der Waals surface area contributed by atoms with E-state index in [4.69, 9.17) is 9.56 Å². The summed E-state index contributed by atoms with van der Waals surface area (Å²) in [6.45, 7) is 0.321. The Hall–Kier alpha value is -0.710. The minimum absolute atomic E-state index is 0.116. The summed E-state index contributed by atoms with van der Waals surface area (Å²) >= 11 is 2.88. The van der Waals surface area contributed by atoms with E-state index in [9.17, 15) is 17.4 Å². The van der Waals surface area contributed by atoms with Crippen LogP contribution < -0.4 is 10.5 Å². The third-order valence-electron chi connectivity index (χ3n) is 2.08. The van der Waals surface area contributed by atoms with Gasteiger partial charge in [-0.1, -0.05) is 0 Å². The number of hydrogen-bond donors (Lipinski definition) is 2. The van der Waals surface area contributed by atoms with Crippen molar-refractivity contribution >= 4 is 42.7 Å². The average Bonchev–Trinajstić information content (AvgIpc) is 2.66. The zero-order valence-electron chi connectivity index (χ0n) is 10.0. The summed E-state index contributed by atoms with van der Waals surface area (Å²) in [6, 6.07) is 1.05. The van der Waals surface area contributed by atoms with Gasteiger partial charge in [0.05, 0.1) is 0 Å². The molecule has 0 radical (unpaired) electrons. The lowest BCUT2D eigenvalue weighted by molar-refractivity contribution is 0.0924. The maximum absolute atomic E-state index is 11.6. The van der Waals surface area contributed by atoms with Crippen molar-refractivity contribution in [3.8, 4) is 0 Å². The third kappa shape index (κ3) is 5.05. The van der Waals surface area contributed by atoms with Crippen molar-refractivity contribution in [3.05, 3.63) is 16.5 Å². The number of rotatable bonds is 6. The highest BCUT2D eigenvalue weighted by molar-refractivity contribution is 9.10. The van der Waals surface area contributed by atoms with Crippen molar-refractivity contribution in [3.63, 3.8) is 0 Å². The van der Waals surface area contributed by atoms with E-state index in [1.165, 1.54) is 0 Å². The van der Waals surface area contributed by atoms with Gasteiger partial charge < -0.3 is 9.73 Å². The Morgan fingerprint density at radius 3 is 2.68 bits per heavy atom. The van der Waals surface area contributed by atoms with E-state index in [-0.39, 0.29) is 15.3 Å². The summed E-state index contributed by atoms with van der Waals surface area (Å²) in [7, 11) is -4.86. The highest BCUT2D eigenvalue weighted by Crippen LogP contribution is 2.24. The first-order chi connectivity index (χ1) is 8.71. The zero-order chi connectivity index (χ0) is 14.6. The first-order valence-corrected chi connectivity index (χ1v) is 9.19. The molecule has 1 aromatic heterocycles. The lowest BCUT2D eigenvalue weighted by Gasteiger charge is -2.01. The van der Waals surface area contributed by atoms with Crippen LogP contribution in [0.5, 0.6) is 0 Å². The lowest BCUT2D eigenvalue weighted by Crippen LogP contribution is -2.25. The van der Waals surface area contributed by atoms with E-state index in [1.54, 1.807) is 6.26 Å². The zero-order valence-corrected chi connectivity index (χ0v) is 13.2. The molecule has 0 spiro atoms. The van der Waals surface area contributed by atoms with Gasteiger partial charge in [0, 0.05) is 35.4 Å². The molecule has 19 heavy (non-hydrogen) atoms. The minimum atomic E-state index is -3.94. The van der Waals surface area contributed by atoms with Crippen LogP contribution in [0.3, 0.4) is 0 Å². The van der Waals surface area contributed by atoms with E-state index in [2.05, 4.69) is 21.2 Å². The summed E-state index contributed by atoms with van der Waals surface area (Å²) < 4.78 is 38.0. The number of nitrogens with two attached hydrogens (primary N) is 1. The van der Waals surface area contributed by atoms with E-state index in [0.29, 0.717) is 18.7 Å². The van der Waals surface area contributed by atoms with E-state index < -0.39 is 26.7 Å². The van der Waals surface area contributed by atoms with Gasteiger partial charge in [0.2, 0.25) is 10.0 Å². The van der Waals surface area contributed by atoms with Crippen molar-refractivity contribution in [2.75, 3.05) is 18.6 Å². The second-order valence-corrected chi connectivity index (χ2v) is 7.49. The molecule has 1 unspecified atom stereocenters. The summed E-state index contributed by atoms with van der Waals surface area (Å²) in [5.41, 5.74) is 0. The molecule has 3 N–H and O–H groups in total. The Balaban J connectivity index is 2.66. The maximum Gasteiger partial charge on any atom is 0.287 e. The second-order valence-electron chi connectivity index (χ2n) is 3.68. The molecule has 108 valence electrons. The number of primary sulfonamides is 1. The standard InChI is InChI=1S/C9H13BrN2O5S2/c1-18(14)4-2-3-12-9(13)6-5-7(8(10)17-6)19(11,15)16/h5H,2-4H2,1H3,(H,12,13)(H2,11,15,16). The second kappa shape index (κ2) is 6.64. The molecule has 0 saturated heterocycles. The van der Waals surface area contributed by atoms with Crippen LogP contribution >= 0.6 is 15.9 Å². The number of nitrogens with one attached hydrogen (secondary N) is 1. The molecule has 0 bridgehead atoms. The predicted molar refractivity (Wildman–Crippen MR) is 73.7 cm³/mol. The first-order valence-electron chi connectivity index (χ1n) is 5.12. The van der Waals surface area contributed by atoms with Crippen molar-refractivity contribution in [1.82, 2.24) is 5.32 Å². The molecular weight excluding hydrogens is 360 g/mol. The molecule has 0 aromatic carbocycles. The van der Waals surface area contributed by atoms with Crippen LogP contribution in [0.4, 0.5) is 0 Å². The minimum Gasteiger partial charge on any atom is -0.443 e. The topological polar surface area (TPSA) is 119 Å². The van der Waals surface area contributed by atoms with E-state index in [1.807, 2.05) is 0 Å². The van der Waals surface area contributed by atoms with Crippen molar-refractivity contribution in [1.29, 1.82) is 0 Å². The van der Waals surface area contributed by atoms with Gasteiger partial charge in [-0.2, -0.15) is 0 Å². The molecule has 0 aliphatic rings. The van der Waals surface area contributed by atoms with Crippen molar-refractivity contribution in [2.45, 2.75) is 11.3 Å². The van der Waals surface area contributed by atoms with Crippen molar-refractivity contribution < 1.29 is 21.8 Å². The monoisotopic (exact) mass is 372 g/mol. The van der Waals surface area contributed by atoms with Gasteiger partial charge in [0.25, 0.3) is 5.91 Å². The van der Waals surface area contributed by atoms with Crippen LogP contribution in [0.2, 0.25) is 0 Å². The predicted octanol–water partition coefficient (Wildman–Crippen LogP) is 0.188. The molecule has 10 heteroatoms. The molecule has 0 fully saturated rings. The summed E-state index contributed by atoms with van der Waals surface area (Å²) in [6.07, 6.45) is 2.13. The Bertz CT molecular complexity index is 596. The lowest BCUT2D eigenvalue weighted by atomic mass is 10.4. The molecule has 0 saturated carbocycles. The average molecular weight is 373 g/mol. The Labute approximate surface area is 121 Å². The molecule has 7 nitrogen and oxygen atoms in total. The number of halogens is 1. The number of hydrogen-bond acceptors (Lipinski definition) is 5. The Morgan fingerprint density at radius 2 is 2.21 bits per heavy atom. The van der Waals surface area contributed by atoms with E-state index >= 15 is 0 Å². The van der Waals surface area contributed by atoms with Gasteiger partial charge in [-0.3, -0.25) is 9.00 Å². The SMILES string of the molecule is CS(=O)CCCNC(=O)c1cc(S(N)(=O)=O)c(Br)o1. The number of amides is 1. The number of carbonyl (C=O) groups is 1. The molecular formula is C9H13BrN2O5S2. The van der Waals surface area contributed by atoms with Crippen LogP contribution in [0.1, 0.15) is 17.0 Å². The fourth-order valence-electron chi connectivity index (χ4n) is 1.22. The molecule has 1 aromatic rings. The van der Waals surface area contributed by atoms with Crippen LogP contribution in [0.25, 0.3) is 0 Å².